The third-order valence-corrected chi connectivity index (χ3v) is 4.46. The van der Waals surface area contributed by atoms with Crippen LogP contribution in [0.5, 0.6) is 0 Å². The molecule has 0 saturated carbocycles. The Morgan fingerprint density at radius 2 is 0.857 bits per heavy atom. The first kappa shape index (κ1) is 36.0. The number of aryl methyl sites for hydroxylation is 4. The maximum atomic E-state index is 2.29. The van der Waals surface area contributed by atoms with Gasteiger partial charge in [0.1, 0.15) is 0 Å². The molecule has 1 radical (unpaired) electrons. The van der Waals surface area contributed by atoms with Crippen molar-refractivity contribution < 1.29 is 55.9 Å². The van der Waals surface area contributed by atoms with Crippen molar-refractivity contribution in [3.8, 4) is 0 Å². The molecule has 159 valence electrons. The average molecular weight is 667 g/mol. The largest absolute Gasteiger partial charge is 4.00 e. The minimum absolute atomic E-state index is 0. The maximum Gasteiger partial charge on any atom is 4.00 e. The molecule has 0 atom stereocenters. The summed E-state index contributed by atoms with van der Waals surface area (Å²) in [6.07, 6.45) is 0. The Bertz CT molecular complexity index is 545. The van der Waals surface area contributed by atoms with Gasteiger partial charge in [-0.1, -0.05) is 82.3 Å². The van der Waals surface area contributed by atoms with Crippen LogP contribution in [-0.4, -0.2) is 9.52 Å². The second-order valence-corrected chi connectivity index (χ2v) is 10.5. The van der Waals surface area contributed by atoms with Crippen LogP contribution < -0.4 is 24.8 Å². The molecule has 2 rings (SSSR count). The molecule has 2 aromatic rings. The number of halogens is 2. The van der Waals surface area contributed by atoms with Crippen LogP contribution in [0.25, 0.3) is 0 Å². The van der Waals surface area contributed by atoms with Crippen LogP contribution in [0.1, 0.15) is 74.9 Å². The van der Waals surface area contributed by atoms with Gasteiger partial charge in [0.25, 0.3) is 0 Å². The fraction of sp³-hybridized carbons (Fsp3) is 0.583. The summed E-state index contributed by atoms with van der Waals surface area (Å²) in [6, 6.07) is 9.15. The molecule has 4 heteroatoms. The molecule has 0 saturated heterocycles. The molecule has 0 spiro atoms. The van der Waals surface area contributed by atoms with E-state index in [4.69, 9.17) is 0 Å². The summed E-state index contributed by atoms with van der Waals surface area (Å²) in [6.45, 7) is 26.6. The van der Waals surface area contributed by atoms with Gasteiger partial charge >= 0.3 is 31.1 Å². The molecule has 2 aromatic carbocycles. The molecule has 0 N–H and O–H groups in total. The third kappa shape index (κ3) is 13.0. The first-order valence-corrected chi connectivity index (χ1v) is 11.8. The molecule has 28 heavy (non-hydrogen) atoms. The number of hydrogen-bond acceptors (Lipinski definition) is 0. The van der Waals surface area contributed by atoms with Gasteiger partial charge in [-0.25, -0.2) is 12.1 Å². The Kier molecular flexibility index (Phi) is 19.7. The Hall–Kier alpha value is 0.549. The van der Waals surface area contributed by atoms with E-state index in [-0.39, 0.29) is 55.9 Å². The average Bonchev–Trinajstić information content (AvgIpc) is 2.95. The summed E-state index contributed by atoms with van der Waals surface area (Å²) in [5, 5.41) is 0. The van der Waals surface area contributed by atoms with Crippen LogP contribution in [0.15, 0.2) is 24.3 Å². The standard InChI is InChI=1S/2C11H17.C2H7Si.2ClH.U/c2*1-8-6-10(7-9(8)2)11(3,4)5;1-3-2;;;/h2*6-7H,1-5H3;3H,1-2H3;2*1H;/q2*-1;;;;+4/p-2. The van der Waals surface area contributed by atoms with E-state index in [1.807, 2.05) is 0 Å². The normalized spacial score (nSPS) is 10.1. The van der Waals surface area contributed by atoms with Gasteiger partial charge in [0, 0.05) is 9.52 Å². The van der Waals surface area contributed by atoms with E-state index in [2.05, 4.69) is 107 Å². The van der Waals surface area contributed by atoms with Crippen molar-refractivity contribution in [3.63, 3.8) is 0 Å². The Balaban J connectivity index is -0.000000165. The Labute approximate surface area is 214 Å². The van der Waals surface area contributed by atoms with E-state index in [0.29, 0.717) is 10.8 Å². The van der Waals surface area contributed by atoms with Crippen LogP contribution >= 0.6 is 0 Å². The Morgan fingerprint density at radius 1 is 0.643 bits per heavy atom. The topological polar surface area (TPSA) is 0 Å². The van der Waals surface area contributed by atoms with Crippen molar-refractivity contribution in [1.29, 1.82) is 0 Å². The second-order valence-electron chi connectivity index (χ2n) is 9.30. The zero-order valence-corrected chi connectivity index (χ0v) is 27.0. The smallest absolute Gasteiger partial charge is 1.00 e. The van der Waals surface area contributed by atoms with Gasteiger partial charge in [-0.05, 0) is 10.8 Å². The van der Waals surface area contributed by atoms with E-state index < -0.39 is 0 Å². The molecule has 0 heterocycles. The van der Waals surface area contributed by atoms with Crippen molar-refractivity contribution in [1.82, 2.24) is 0 Å². The predicted octanol–water partition coefficient (Wildman–Crippen LogP) is 1.17. The minimum Gasteiger partial charge on any atom is -1.00 e. The van der Waals surface area contributed by atoms with Gasteiger partial charge in [0.15, 0.2) is 0 Å². The SMILES string of the molecule is C[SiH]C.Cc1cc(C(C)(C)C)[cH-]c1C.Cc1cc(C(C)(C)C)[cH-]c1C.[Cl-].[Cl-].[U+4]. The second kappa shape index (κ2) is 15.4. The third-order valence-electron chi connectivity index (χ3n) is 4.46. The molecule has 0 unspecified atom stereocenters. The molecule has 0 bridgehead atoms. The van der Waals surface area contributed by atoms with Crippen molar-refractivity contribution >= 4 is 9.52 Å². The maximum absolute atomic E-state index is 2.29. The molecule has 0 amide bonds. The minimum atomic E-state index is 0. The molecule has 0 fully saturated rings. The van der Waals surface area contributed by atoms with Gasteiger partial charge in [-0.3, -0.25) is 0 Å². The van der Waals surface area contributed by atoms with Crippen molar-refractivity contribution in [2.75, 3.05) is 0 Å². The first-order chi connectivity index (χ1) is 11.2. The fourth-order valence-electron chi connectivity index (χ4n) is 2.34. The van der Waals surface area contributed by atoms with Gasteiger partial charge in [-0.2, -0.15) is 45.5 Å². The van der Waals surface area contributed by atoms with Gasteiger partial charge in [-0.15, -0.1) is 0 Å². The summed E-state index contributed by atoms with van der Waals surface area (Å²) in [4.78, 5) is 0. The molecule has 0 aliphatic rings. The van der Waals surface area contributed by atoms with Crippen LogP contribution in [0.3, 0.4) is 0 Å². The van der Waals surface area contributed by atoms with Crippen LogP contribution in [0.4, 0.5) is 0 Å². The molecule has 0 aliphatic heterocycles. The van der Waals surface area contributed by atoms with Gasteiger partial charge in [0.05, 0.1) is 0 Å². The van der Waals surface area contributed by atoms with E-state index in [9.17, 15) is 0 Å². The number of rotatable bonds is 0. The molecule has 0 aromatic heterocycles. The van der Waals surface area contributed by atoms with Crippen LogP contribution in [-0.2, 0) is 10.8 Å². The monoisotopic (exact) mass is 665 g/mol. The summed E-state index contributed by atoms with van der Waals surface area (Å²) >= 11 is 0. The molecular weight excluding hydrogens is 625 g/mol. The van der Waals surface area contributed by atoms with Crippen LogP contribution in [0.2, 0.25) is 13.1 Å². The zero-order chi connectivity index (χ0) is 20.0. The first-order valence-electron chi connectivity index (χ1n) is 9.46. The predicted molar refractivity (Wildman–Crippen MR) is 119 cm³/mol. The quantitative estimate of drug-likeness (QED) is 0.293. The number of hydrogen-bond donors (Lipinski definition) is 0. The summed E-state index contributed by atoms with van der Waals surface area (Å²) in [5.74, 6) is 0. The van der Waals surface area contributed by atoms with E-state index in [0.717, 1.165) is 9.52 Å². The van der Waals surface area contributed by atoms with Crippen molar-refractivity contribution in [2.45, 2.75) is 93.2 Å². The molecule has 0 nitrogen and oxygen atoms in total. The van der Waals surface area contributed by atoms with Crippen molar-refractivity contribution in [3.05, 3.63) is 57.6 Å². The van der Waals surface area contributed by atoms with Gasteiger partial charge < -0.3 is 24.8 Å². The van der Waals surface area contributed by atoms with E-state index in [1.165, 1.54) is 33.4 Å². The molecular formula is C24H41Cl2SiU. The Morgan fingerprint density at radius 3 is 0.929 bits per heavy atom. The molecule has 0 aliphatic carbocycles. The van der Waals surface area contributed by atoms with E-state index >= 15 is 0 Å². The van der Waals surface area contributed by atoms with E-state index in [1.54, 1.807) is 0 Å². The zero-order valence-electron chi connectivity index (χ0n) is 20.1. The summed E-state index contributed by atoms with van der Waals surface area (Å²) in [5.41, 5.74) is 9.16. The summed E-state index contributed by atoms with van der Waals surface area (Å²) in [7, 11) is 0.750. The summed E-state index contributed by atoms with van der Waals surface area (Å²) < 4.78 is 0. The van der Waals surface area contributed by atoms with Crippen molar-refractivity contribution in [2.24, 2.45) is 0 Å². The fourth-order valence-corrected chi connectivity index (χ4v) is 2.34. The van der Waals surface area contributed by atoms with Gasteiger partial charge in [0.2, 0.25) is 0 Å². The van der Waals surface area contributed by atoms with Crippen LogP contribution in [0, 0.1) is 58.8 Å².